The van der Waals surface area contributed by atoms with Crippen LogP contribution < -0.4 is 10.6 Å². The molecule has 7 heteroatoms. The summed E-state index contributed by atoms with van der Waals surface area (Å²) in [6.07, 6.45) is 3.49. The number of nitrogens with one attached hydrogen (secondary N) is 2. The molecule has 1 amide bonds. The van der Waals surface area contributed by atoms with Crippen molar-refractivity contribution in [3.05, 3.63) is 23.8 Å². The van der Waals surface area contributed by atoms with Gasteiger partial charge in [0, 0.05) is 37.7 Å². The van der Waals surface area contributed by atoms with Crippen molar-refractivity contribution in [1.29, 1.82) is 0 Å². The minimum atomic E-state index is -0.382. The highest BCUT2D eigenvalue weighted by Gasteiger charge is 2.28. The molecule has 6 nitrogen and oxygen atoms in total. The van der Waals surface area contributed by atoms with E-state index in [1.807, 2.05) is 0 Å². The van der Waals surface area contributed by atoms with Gasteiger partial charge in [-0.05, 0) is 18.9 Å². The zero-order valence-corrected chi connectivity index (χ0v) is 11.9. The monoisotopic (exact) mass is 298 g/mol. The molecule has 1 saturated heterocycles. The van der Waals surface area contributed by atoms with Gasteiger partial charge in [0.05, 0.1) is 6.10 Å². The van der Waals surface area contributed by atoms with E-state index < -0.39 is 0 Å². The van der Waals surface area contributed by atoms with E-state index in [1.165, 1.54) is 0 Å². The maximum atomic E-state index is 12.0. The van der Waals surface area contributed by atoms with Crippen molar-refractivity contribution in [3.8, 4) is 0 Å². The molecular weight excluding hydrogens is 280 g/mol. The van der Waals surface area contributed by atoms with Gasteiger partial charge in [0.1, 0.15) is 11.5 Å². The normalized spacial score (nSPS) is 25.1. The number of rotatable bonds is 4. The third-order valence-corrected chi connectivity index (χ3v) is 3.68. The Morgan fingerprint density at radius 2 is 2.25 bits per heavy atom. The van der Waals surface area contributed by atoms with Crippen molar-refractivity contribution >= 4 is 18.3 Å². The average molecular weight is 299 g/mol. The number of hydrogen-bond donors (Lipinski definition) is 3. The molecule has 3 N–H and O–H groups in total. The van der Waals surface area contributed by atoms with Crippen molar-refractivity contribution in [1.82, 2.24) is 20.6 Å². The summed E-state index contributed by atoms with van der Waals surface area (Å²) in [5, 5.41) is 15.6. The maximum absolute atomic E-state index is 12.0. The van der Waals surface area contributed by atoms with Crippen LogP contribution in [-0.2, 0) is 0 Å². The molecule has 0 radical (unpaired) electrons. The van der Waals surface area contributed by atoms with E-state index >= 15 is 0 Å². The summed E-state index contributed by atoms with van der Waals surface area (Å²) in [6.45, 7) is 1.80. The van der Waals surface area contributed by atoms with Crippen molar-refractivity contribution in [2.24, 2.45) is 5.92 Å². The Labute approximate surface area is 123 Å². The Kier molecular flexibility index (Phi) is 4.91. The van der Waals surface area contributed by atoms with Crippen LogP contribution in [0.25, 0.3) is 0 Å². The topological polar surface area (TPSA) is 87.1 Å². The number of nitrogens with zero attached hydrogens (tertiary/aromatic N) is 2. The molecule has 1 aromatic heterocycles. The second-order valence-electron chi connectivity index (χ2n) is 5.27. The summed E-state index contributed by atoms with van der Waals surface area (Å²) < 4.78 is 0. The van der Waals surface area contributed by atoms with Gasteiger partial charge in [-0.3, -0.25) is 4.79 Å². The van der Waals surface area contributed by atoms with Crippen molar-refractivity contribution in [2.45, 2.75) is 24.9 Å². The lowest BCUT2D eigenvalue weighted by Crippen LogP contribution is -2.34. The van der Waals surface area contributed by atoms with Crippen LogP contribution in [0, 0.1) is 5.92 Å². The number of β-amino-alcohol motifs (C(OH)–C–C–N with tert-alkyl or cyclic N) is 1. The van der Waals surface area contributed by atoms with Gasteiger partial charge in [-0.1, -0.05) is 0 Å². The standard InChI is InChI=1S/C13H18N4O2.ClH/c18-11-7-14-5-9(11)6-16-13(19)10-3-4-15-12(17-10)8-1-2-8;/h3-4,8-9,11,14,18H,1-2,5-7H2,(H,16,19);1H. The van der Waals surface area contributed by atoms with Crippen LogP contribution >= 0.6 is 12.4 Å². The molecular formula is C13H19ClN4O2. The molecule has 110 valence electrons. The second-order valence-corrected chi connectivity index (χ2v) is 5.27. The lowest BCUT2D eigenvalue weighted by atomic mass is 10.1. The highest BCUT2D eigenvalue weighted by atomic mass is 35.5. The number of aliphatic hydroxyl groups is 1. The van der Waals surface area contributed by atoms with Crippen molar-refractivity contribution < 1.29 is 9.90 Å². The number of carbonyl (C=O) groups is 1. The zero-order chi connectivity index (χ0) is 13.2. The Morgan fingerprint density at radius 3 is 2.90 bits per heavy atom. The first-order valence-corrected chi connectivity index (χ1v) is 6.74. The number of aliphatic hydroxyl groups excluding tert-OH is 1. The number of carbonyl (C=O) groups excluding carboxylic acids is 1. The first-order valence-electron chi connectivity index (χ1n) is 6.74. The summed E-state index contributed by atoms with van der Waals surface area (Å²) >= 11 is 0. The molecule has 1 aliphatic heterocycles. The first kappa shape index (κ1) is 15.2. The van der Waals surface area contributed by atoms with Gasteiger partial charge in [-0.2, -0.15) is 0 Å². The molecule has 1 aliphatic carbocycles. The predicted molar refractivity (Wildman–Crippen MR) is 76.0 cm³/mol. The van der Waals surface area contributed by atoms with Crippen LogP contribution in [0.15, 0.2) is 12.3 Å². The van der Waals surface area contributed by atoms with Gasteiger partial charge in [-0.15, -0.1) is 12.4 Å². The molecule has 20 heavy (non-hydrogen) atoms. The third-order valence-electron chi connectivity index (χ3n) is 3.68. The van der Waals surface area contributed by atoms with Crippen LogP contribution in [0.4, 0.5) is 0 Å². The zero-order valence-electron chi connectivity index (χ0n) is 11.1. The fourth-order valence-electron chi connectivity index (χ4n) is 2.28. The molecule has 2 fully saturated rings. The number of amides is 1. The summed E-state index contributed by atoms with van der Waals surface area (Å²) in [4.78, 5) is 20.5. The molecule has 1 aromatic rings. The molecule has 2 atom stereocenters. The molecule has 2 unspecified atom stereocenters. The number of aromatic nitrogens is 2. The van der Waals surface area contributed by atoms with Gasteiger partial charge in [-0.25, -0.2) is 9.97 Å². The molecule has 1 saturated carbocycles. The number of halogens is 1. The van der Waals surface area contributed by atoms with Crippen LogP contribution in [0.1, 0.15) is 35.1 Å². The highest BCUT2D eigenvalue weighted by molar-refractivity contribution is 5.92. The largest absolute Gasteiger partial charge is 0.391 e. The smallest absolute Gasteiger partial charge is 0.270 e. The van der Waals surface area contributed by atoms with E-state index in [4.69, 9.17) is 0 Å². The lowest BCUT2D eigenvalue weighted by Gasteiger charge is -2.13. The van der Waals surface area contributed by atoms with E-state index in [2.05, 4.69) is 20.6 Å². The summed E-state index contributed by atoms with van der Waals surface area (Å²) in [6, 6.07) is 1.63. The van der Waals surface area contributed by atoms with E-state index in [9.17, 15) is 9.90 Å². The maximum Gasteiger partial charge on any atom is 0.270 e. The molecule has 3 rings (SSSR count). The minimum absolute atomic E-state index is 0. The quantitative estimate of drug-likeness (QED) is 0.733. The van der Waals surface area contributed by atoms with Crippen molar-refractivity contribution in [3.63, 3.8) is 0 Å². The molecule has 0 aromatic carbocycles. The molecule has 2 aliphatic rings. The lowest BCUT2D eigenvalue weighted by molar-refractivity contribution is 0.0921. The van der Waals surface area contributed by atoms with E-state index in [0.29, 0.717) is 24.7 Å². The van der Waals surface area contributed by atoms with Crippen LogP contribution in [-0.4, -0.2) is 46.7 Å². The van der Waals surface area contributed by atoms with E-state index in [1.54, 1.807) is 12.3 Å². The highest BCUT2D eigenvalue weighted by Crippen LogP contribution is 2.37. The van der Waals surface area contributed by atoms with Gasteiger partial charge >= 0.3 is 0 Å². The Balaban J connectivity index is 0.00000147. The molecule has 0 spiro atoms. The minimum Gasteiger partial charge on any atom is -0.391 e. The van der Waals surface area contributed by atoms with Gasteiger partial charge in [0.15, 0.2) is 0 Å². The summed E-state index contributed by atoms with van der Waals surface area (Å²) in [7, 11) is 0. The van der Waals surface area contributed by atoms with Crippen molar-refractivity contribution in [2.75, 3.05) is 19.6 Å². The average Bonchev–Trinajstić information content (AvgIpc) is 3.20. The fourth-order valence-corrected chi connectivity index (χ4v) is 2.28. The number of hydrogen-bond acceptors (Lipinski definition) is 5. The Morgan fingerprint density at radius 1 is 1.45 bits per heavy atom. The van der Waals surface area contributed by atoms with Crippen LogP contribution in [0.3, 0.4) is 0 Å². The van der Waals surface area contributed by atoms with Crippen LogP contribution in [0.5, 0.6) is 0 Å². The van der Waals surface area contributed by atoms with Gasteiger partial charge in [0.2, 0.25) is 0 Å². The van der Waals surface area contributed by atoms with E-state index in [0.717, 1.165) is 25.2 Å². The Bertz CT molecular complexity index is 481. The summed E-state index contributed by atoms with van der Waals surface area (Å²) in [5.74, 6) is 1.10. The first-order chi connectivity index (χ1) is 9.24. The summed E-state index contributed by atoms with van der Waals surface area (Å²) in [5.41, 5.74) is 0.414. The SMILES string of the molecule is Cl.O=C(NCC1CNCC1O)c1ccnc(C2CC2)n1. The third kappa shape index (κ3) is 3.45. The van der Waals surface area contributed by atoms with E-state index in [-0.39, 0.29) is 30.3 Å². The predicted octanol–water partition coefficient (Wildman–Crippen LogP) is 0.0859. The molecule has 2 heterocycles. The van der Waals surface area contributed by atoms with Gasteiger partial charge in [0.25, 0.3) is 5.91 Å². The second kappa shape index (κ2) is 6.47. The fraction of sp³-hybridized carbons (Fsp3) is 0.615. The molecule has 0 bridgehead atoms. The van der Waals surface area contributed by atoms with Gasteiger partial charge < -0.3 is 15.7 Å². The Hall–Kier alpha value is -1.24. The van der Waals surface area contributed by atoms with Crippen LogP contribution in [0.2, 0.25) is 0 Å².